The third-order valence-corrected chi connectivity index (χ3v) is 4.18. The second-order valence-electron chi connectivity index (χ2n) is 5.61. The van der Waals surface area contributed by atoms with E-state index < -0.39 is 0 Å². The predicted molar refractivity (Wildman–Crippen MR) is 83.6 cm³/mol. The molecule has 0 spiro atoms. The normalized spacial score (nSPS) is 22.1. The summed E-state index contributed by atoms with van der Waals surface area (Å²) < 4.78 is 11.1. The first-order chi connectivity index (χ1) is 9.58. The molecule has 0 aromatic heterocycles. The van der Waals surface area contributed by atoms with Gasteiger partial charge in [-0.25, -0.2) is 0 Å². The Labute approximate surface area is 122 Å². The van der Waals surface area contributed by atoms with Crippen molar-refractivity contribution in [3.8, 4) is 11.5 Å². The molecular weight excluding hydrogens is 248 g/mol. The molecule has 0 aliphatic heterocycles. The number of ether oxygens (including phenoxy) is 2. The maximum Gasteiger partial charge on any atom is 0.126 e. The van der Waals surface area contributed by atoms with Crippen LogP contribution in [-0.2, 0) is 0 Å². The van der Waals surface area contributed by atoms with Crippen molar-refractivity contribution < 1.29 is 9.47 Å². The Hall–Kier alpha value is -1.70. The SMILES string of the molecule is C=C(C)[C@H]1CCC(C)=C[C@@H]1c1c(OC)cccc1OC. The lowest BCUT2D eigenvalue weighted by Crippen LogP contribution is -2.18. The molecule has 0 heterocycles. The van der Waals surface area contributed by atoms with Crippen molar-refractivity contribution >= 4 is 0 Å². The summed E-state index contributed by atoms with van der Waals surface area (Å²) in [5.41, 5.74) is 3.80. The van der Waals surface area contributed by atoms with Crippen molar-refractivity contribution in [2.45, 2.75) is 32.6 Å². The molecule has 1 aromatic carbocycles. The van der Waals surface area contributed by atoms with Gasteiger partial charge in [0.05, 0.1) is 14.2 Å². The van der Waals surface area contributed by atoms with E-state index >= 15 is 0 Å². The van der Waals surface area contributed by atoms with Gasteiger partial charge in [0, 0.05) is 11.5 Å². The van der Waals surface area contributed by atoms with Gasteiger partial charge in [-0.2, -0.15) is 0 Å². The Bertz CT molecular complexity index is 506. The molecule has 0 bridgehead atoms. The van der Waals surface area contributed by atoms with Gasteiger partial charge in [0.25, 0.3) is 0 Å². The number of hydrogen-bond acceptors (Lipinski definition) is 2. The zero-order chi connectivity index (χ0) is 14.7. The number of rotatable bonds is 4. The van der Waals surface area contributed by atoms with Crippen LogP contribution in [0.5, 0.6) is 11.5 Å². The molecule has 2 atom stereocenters. The van der Waals surface area contributed by atoms with Crippen molar-refractivity contribution in [1.29, 1.82) is 0 Å². The molecule has 0 fully saturated rings. The number of allylic oxidation sites excluding steroid dienone is 3. The maximum absolute atomic E-state index is 5.57. The average Bonchev–Trinajstić information content (AvgIpc) is 2.45. The minimum atomic E-state index is 0.285. The van der Waals surface area contributed by atoms with Gasteiger partial charge in [0.15, 0.2) is 0 Å². The van der Waals surface area contributed by atoms with Crippen molar-refractivity contribution in [1.82, 2.24) is 0 Å². The molecule has 0 radical (unpaired) electrons. The summed E-state index contributed by atoms with van der Waals surface area (Å²) in [5.74, 6) is 2.52. The first-order valence-corrected chi connectivity index (χ1v) is 7.12. The third-order valence-electron chi connectivity index (χ3n) is 4.18. The van der Waals surface area contributed by atoms with E-state index in [4.69, 9.17) is 9.47 Å². The third kappa shape index (κ3) is 2.74. The molecule has 1 aliphatic carbocycles. The summed E-state index contributed by atoms with van der Waals surface area (Å²) in [5, 5.41) is 0. The van der Waals surface area contributed by atoms with Gasteiger partial charge in [0.2, 0.25) is 0 Å². The van der Waals surface area contributed by atoms with Gasteiger partial charge < -0.3 is 9.47 Å². The first kappa shape index (κ1) is 14.7. The van der Waals surface area contributed by atoms with Gasteiger partial charge in [0.1, 0.15) is 11.5 Å². The molecule has 1 aliphatic rings. The summed E-state index contributed by atoms with van der Waals surface area (Å²) in [6.07, 6.45) is 4.64. The fourth-order valence-corrected chi connectivity index (χ4v) is 3.11. The van der Waals surface area contributed by atoms with E-state index in [1.54, 1.807) is 14.2 Å². The molecule has 2 heteroatoms. The lowest BCUT2D eigenvalue weighted by molar-refractivity contribution is 0.369. The Morgan fingerprint density at radius 1 is 1.20 bits per heavy atom. The molecule has 20 heavy (non-hydrogen) atoms. The minimum Gasteiger partial charge on any atom is -0.496 e. The zero-order valence-electron chi connectivity index (χ0n) is 12.9. The van der Waals surface area contributed by atoms with Crippen LogP contribution < -0.4 is 9.47 Å². The van der Waals surface area contributed by atoms with Crippen LogP contribution in [0.15, 0.2) is 42.0 Å². The molecule has 108 valence electrons. The van der Waals surface area contributed by atoms with Gasteiger partial charge in [-0.15, -0.1) is 0 Å². The van der Waals surface area contributed by atoms with E-state index in [2.05, 4.69) is 26.5 Å². The number of methoxy groups -OCH3 is 2. The molecule has 2 nitrogen and oxygen atoms in total. The maximum atomic E-state index is 5.57. The Balaban J connectivity index is 2.56. The predicted octanol–water partition coefficient (Wildman–Crippen LogP) is 4.72. The van der Waals surface area contributed by atoms with Crippen molar-refractivity contribution in [3.05, 3.63) is 47.6 Å². The van der Waals surface area contributed by atoms with Crippen LogP contribution in [-0.4, -0.2) is 14.2 Å². The second-order valence-corrected chi connectivity index (χ2v) is 5.61. The monoisotopic (exact) mass is 272 g/mol. The largest absolute Gasteiger partial charge is 0.496 e. The zero-order valence-corrected chi connectivity index (χ0v) is 12.9. The van der Waals surface area contributed by atoms with Crippen molar-refractivity contribution in [3.63, 3.8) is 0 Å². The van der Waals surface area contributed by atoms with E-state index in [1.165, 1.54) is 11.1 Å². The summed E-state index contributed by atoms with van der Waals surface area (Å²) in [6.45, 7) is 8.50. The highest BCUT2D eigenvalue weighted by Crippen LogP contribution is 2.46. The van der Waals surface area contributed by atoms with Crippen LogP contribution >= 0.6 is 0 Å². The Morgan fingerprint density at radius 2 is 1.80 bits per heavy atom. The van der Waals surface area contributed by atoms with Gasteiger partial charge in [-0.1, -0.05) is 29.9 Å². The summed E-state index contributed by atoms with van der Waals surface area (Å²) in [4.78, 5) is 0. The molecule has 0 saturated carbocycles. The van der Waals surface area contributed by atoms with Gasteiger partial charge in [-0.3, -0.25) is 0 Å². The van der Waals surface area contributed by atoms with Gasteiger partial charge >= 0.3 is 0 Å². The molecule has 1 aromatic rings. The van der Waals surface area contributed by atoms with E-state index in [0.717, 1.165) is 29.9 Å². The molecule has 0 unspecified atom stereocenters. The first-order valence-electron chi connectivity index (χ1n) is 7.12. The smallest absolute Gasteiger partial charge is 0.126 e. The van der Waals surface area contributed by atoms with Crippen LogP contribution in [0.4, 0.5) is 0 Å². The van der Waals surface area contributed by atoms with E-state index in [9.17, 15) is 0 Å². The van der Waals surface area contributed by atoms with E-state index in [0.29, 0.717) is 5.92 Å². The van der Waals surface area contributed by atoms with Crippen LogP contribution in [0.25, 0.3) is 0 Å². The standard InChI is InChI=1S/C18H24O2/c1-12(2)14-10-9-13(3)11-15(14)18-16(19-4)7-6-8-17(18)20-5/h6-8,11,14-15H,1,9-10H2,2-5H3/t14-,15+/m1/s1. The fraction of sp³-hybridized carbons (Fsp3) is 0.444. The molecule has 2 rings (SSSR count). The summed E-state index contributed by atoms with van der Waals surface area (Å²) in [7, 11) is 3.43. The van der Waals surface area contributed by atoms with Crippen molar-refractivity contribution in [2.24, 2.45) is 5.92 Å². The quantitative estimate of drug-likeness (QED) is 0.738. The Morgan fingerprint density at radius 3 is 2.30 bits per heavy atom. The molecule has 0 amide bonds. The molecule has 0 N–H and O–H groups in total. The summed E-state index contributed by atoms with van der Waals surface area (Å²) in [6, 6.07) is 5.98. The fourth-order valence-electron chi connectivity index (χ4n) is 3.11. The lowest BCUT2D eigenvalue weighted by Gasteiger charge is -2.32. The average molecular weight is 272 g/mol. The molecule has 0 saturated heterocycles. The van der Waals surface area contributed by atoms with Crippen LogP contribution in [0.2, 0.25) is 0 Å². The highest BCUT2D eigenvalue weighted by molar-refractivity contribution is 5.50. The van der Waals surface area contributed by atoms with Crippen LogP contribution in [0, 0.1) is 5.92 Å². The van der Waals surface area contributed by atoms with Crippen LogP contribution in [0.3, 0.4) is 0 Å². The second kappa shape index (κ2) is 6.17. The van der Waals surface area contributed by atoms with Gasteiger partial charge in [-0.05, 0) is 44.7 Å². The summed E-state index contributed by atoms with van der Waals surface area (Å²) >= 11 is 0. The lowest BCUT2D eigenvalue weighted by atomic mass is 9.74. The Kier molecular flexibility index (Phi) is 4.53. The topological polar surface area (TPSA) is 18.5 Å². The highest BCUT2D eigenvalue weighted by Gasteiger charge is 2.30. The number of hydrogen-bond donors (Lipinski definition) is 0. The minimum absolute atomic E-state index is 0.285. The number of benzene rings is 1. The molecular formula is C18H24O2. The van der Waals surface area contributed by atoms with E-state index in [1.807, 2.05) is 18.2 Å². The highest BCUT2D eigenvalue weighted by atomic mass is 16.5. The van der Waals surface area contributed by atoms with Crippen molar-refractivity contribution in [2.75, 3.05) is 14.2 Å². The van der Waals surface area contributed by atoms with E-state index in [-0.39, 0.29) is 5.92 Å². The van der Waals surface area contributed by atoms with Crippen LogP contribution in [0.1, 0.15) is 38.2 Å².